The van der Waals surface area contributed by atoms with Crippen LogP contribution in [0.1, 0.15) is 24.3 Å². The summed E-state index contributed by atoms with van der Waals surface area (Å²) in [7, 11) is 0. The highest BCUT2D eigenvalue weighted by Gasteiger charge is 2.51. The van der Waals surface area contributed by atoms with Crippen LogP contribution >= 0.6 is 0 Å². The minimum atomic E-state index is 0.0845. The van der Waals surface area contributed by atoms with Crippen molar-refractivity contribution in [3.63, 3.8) is 0 Å². The molecule has 3 atom stereocenters. The van der Waals surface area contributed by atoms with E-state index in [0.717, 1.165) is 48.4 Å². The minimum Gasteiger partial charge on any atom is -0.441 e. The Balaban J connectivity index is 1.41. The highest BCUT2D eigenvalue weighted by atomic mass is 16.4. The van der Waals surface area contributed by atoms with Crippen LogP contribution in [0.3, 0.4) is 0 Å². The molecule has 0 spiro atoms. The zero-order chi connectivity index (χ0) is 15.4. The predicted molar refractivity (Wildman–Crippen MR) is 84.6 cm³/mol. The summed E-state index contributed by atoms with van der Waals surface area (Å²) >= 11 is 0. The van der Waals surface area contributed by atoms with Gasteiger partial charge in [-0.2, -0.15) is 5.10 Å². The summed E-state index contributed by atoms with van der Waals surface area (Å²) in [5.41, 5.74) is 5.94. The fraction of sp³-hybridized carbons (Fsp3) is 0.389. The van der Waals surface area contributed by atoms with Crippen molar-refractivity contribution in [3.05, 3.63) is 41.8 Å². The minimum absolute atomic E-state index is 0.0845. The van der Waals surface area contributed by atoms with Crippen molar-refractivity contribution < 1.29 is 9.21 Å². The van der Waals surface area contributed by atoms with Crippen LogP contribution in [0.5, 0.6) is 0 Å². The molecular weight excluding hydrogens is 290 g/mol. The van der Waals surface area contributed by atoms with Gasteiger partial charge in [-0.1, -0.05) is 18.2 Å². The van der Waals surface area contributed by atoms with E-state index < -0.39 is 0 Å². The number of carbonyl (C=O) groups excluding carboxylic acids is 1. The van der Waals surface area contributed by atoms with Crippen LogP contribution in [0, 0.1) is 17.8 Å². The summed E-state index contributed by atoms with van der Waals surface area (Å²) in [6, 6.07) is 10.0. The van der Waals surface area contributed by atoms with Gasteiger partial charge < -0.3 is 4.42 Å². The lowest BCUT2D eigenvalue weighted by atomic mass is 9.84. The van der Waals surface area contributed by atoms with Crippen molar-refractivity contribution in [2.24, 2.45) is 22.9 Å². The number of nitrogens with zero attached hydrogens (tertiary/aromatic N) is 2. The number of hydrogen-bond acceptors (Lipinski definition) is 4. The van der Waals surface area contributed by atoms with Crippen LogP contribution < -0.4 is 5.43 Å². The van der Waals surface area contributed by atoms with E-state index in [1.807, 2.05) is 30.3 Å². The van der Waals surface area contributed by atoms with E-state index in [9.17, 15) is 4.79 Å². The molecule has 0 bridgehead atoms. The summed E-state index contributed by atoms with van der Waals surface area (Å²) < 4.78 is 6.03. The van der Waals surface area contributed by atoms with Gasteiger partial charge in [-0.05, 0) is 31.4 Å². The van der Waals surface area contributed by atoms with Crippen LogP contribution in [0.25, 0.3) is 11.5 Å². The van der Waals surface area contributed by atoms with Gasteiger partial charge in [-0.15, -0.1) is 0 Å². The lowest BCUT2D eigenvalue weighted by Crippen LogP contribution is -2.34. The van der Waals surface area contributed by atoms with Gasteiger partial charge in [-0.25, -0.2) is 10.4 Å². The second kappa shape index (κ2) is 4.78. The lowest BCUT2D eigenvalue weighted by molar-refractivity contribution is -0.122. The summed E-state index contributed by atoms with van der Waals surface area (Å²) in [6.45, 7) is 0. The Kier molecular flexibility index (Phi) is 2.71. The molecule has 1 unspecified atom stereocenters. The van der Waals surface area contributed by atoms with Crippen LogP contribution in [0.4, 0.5) is 0 Å². The molecule has 5 nitrogen and oxygen atoms in total. The molecule has 1 fully saturated rings. The van der Waals surface area contributed by atoms with E-state index in [1.54, 1.807) is 0 Å². The topological polar surface area (TPSA) is 67.5 Å². The maximum absolute atomic E-state index is 11.6. The number of fused-ring (bicyclic) bond motifs is 2. The van der Waals surface area contributed by atoms with Gasteiger partial charge in [0, 0.05) is 35.4 Å². The molecular formula is C18H17N3O2. The third kappa shape index (κ3) is 2.11. The highest BCUT2D eigenvalue weighted by molar-refractivity contribution is 6.01. The average molecular weight is 307 g/mol. The molecule has 1 aromatic heterocycles. The van der Waals surface area contributed by atoms with Crippen molar-refractivity contribution in [3.8, 4) is 11.5 Å². The van der Waals surface area contributed by atoms with E-state index in [0.29, 0.717) is 17.7 Å². The van der Waals surface area contributed by atoms with Crippen molar-refractivity contribution in [1.82, 2.24) is 10.4 Å². The fourth-order valence-electron chi connectivity index (χ4n) is 3.82. The first kappa shape index (κ1) is 13.0. The van der Waals surface area contributed by atoms with Crippen molar-refractivity contribution >= 4 is 11.6 Å². The SMILES string of the molecule is O=C1NN=C(C2CCc3nc(-c4ccccc4)oc3C2)[C@@H]2C[C@H]12. The van der Waals surface area contributed by atoms with Gasteiger partial charge in [0.1, 0.15) is 5.76 Å². The number of hydrazone groups is 1. The smallest absolute Gasteiger partial charge is 0.243 e. The zero-order valence-electron chi connectivity index (χ0n) is 12.7. The second-order valence-electron chi connectivity index (χ2n) is 6.66. The van der Waals surface area contributed by atoms with Gasteiger partial charge in [0.25, 0.3) is 0 Å². The summed E-state index contributed by atoms with van der Waals surface area (Å²) in [5, 5.41) is 4.35. The molecule has 1 aromatic carbocycles. The standard InChI is InChI=1S/C18H17N3O2/c22-17-13-9-12(13)16(20-21-17)11-6-7-14-15(8-11)23-18(19-14)10-4-2-1-3-5-10/h1-5,11-13H,6-9H2,(H,21,22)/t11?,12-,13+/m1/s1. The van der Waals surface area contributed by atoms with Gasteiger partial charge in [-0.3, -0.25) is 4.79 Å². The average Bonchev–Trinajstić information content (AvgIpc) is 3.28. The summed E-state index contributed by atoms with van der Waals surface area (Å²) in [5.74, 6) is 2.68. The number of aromatic nitrogens is 1. The van der Waals surface area contributed by atoms with Crippen LogP contribution in [0.2, 0.25) is 0 Å². The molecule has 116 valence electrons. The number of nitrogens with one attached hydrogen (secondary N) is 1. The van der Waals surface area contributed by atoms with E-state index in [4.69, 9.17) is 4.42 Å². The molecule has 5 heteroatoms. The first-order valence-electron chi connectivity index (χ1n) is 8.21. The fourth-order valence-corrected chi connectivity index (χ4v) is 3.82. The van der Waals surface area contributed by atoms with E-state index >= 15 is 0 Å². The molecule has 0 radical (unpaired) electrons. The molecule has 23 heavy (non-hydrogen) atoms. The number of aryl methyl sites for hydroxylation is 1. The molecule has 5 rings (SSSR count). The maximum Gasteiger partial charge on any atom is 0.243 e. The Hall–Kier alpha value is -2.43. The van der Waals surface area contributed by atoms with E-state index in [2.05, 4.69) is 15.5 Å². The van der Waals surface area contributed by atoms with Crippen LogP contribution in [-0.4, -0.2) is 16.6 Å². The molecule has 2 heterocycles. The van der Waals surface area contributed by atoms with Crippen LogP contribution in [-0.2, 0) is 17.6 Å². The Morgan fingerprint density at radius 2 is 2.04 bits per heavy atom. The predicted octanol–water partition coefficient (Wildman–Crippen LogP) is 2.57. The largest absolute Gasteiger partial charge is 0.441 e. The first-order chi connectivity index (χ1) is 11.3. The molecule has 2 aromatic rings. The van der Waals surface area contributed by atoms with Gasteiger partial charge in [0.2, 0.25) is 11.8 Å². The molecule has 1 N–H and O–H groups in total. The Labute approximate surface area is 133 Å². The molecule has 1 saturated carbocycles. The second-order valence-corrected chi connectivity index (χ2v) is 6.66. The zero-order valence-corrected chi connectivity index (χ0v) is 12.7. The van der Waals surface area contributed by atoms with E-state index in [-0.39, 0.29) is 11.8 Å². The third-order valence-electron chi connectivity index (χ3n) is 5.18. The molecule has 1 aliphatic heterocycles. The Bertz CT molecular complexity index is 809. The molecule has 2 aliphatic carbocycles. The first-order valence-corrected chi connectivity index (χ1v) is 8.21. The molecule has 0 saturated heterocycles. The normalized spacial score (nSPS) is 28.4. The highest BCUT2D eigenvalue weighted by Crippen LogP contribution is 2.45. The van der Waals surface area contributed by atoms with E-state index in [1.165, 1.54) is 0 Å². The number of rotatable bonds is 2. The van der Waals surface area contributed by atoms with Crippen molar-refractivity contribution in [2.45, 2.75) is 25.7 Å². The van der Waals surface area contributed by atoms with Gasteiger partial charge in [0.15, 0.2) is 0 Å². The summed E-state index contributed by atoms with van der Waals surface area (Å²) in [6.07, 6.45) is 3.75. The maximum atomic E-state index is 11.6. The van der Waals surface area contributed by atoms with Crippen LogP contribution in [0.15, 0.2) is 39.9 Å². The number of carbonyl (C=O) groups is 1. The molecule has 1 amide bonds. The Morgan fingerprint density at radius 1 is 1.17 bits per heavy atom. The monoisotopic (exact) mass is 307 g/mol. The quantitative estimate of drug-likeness (QED) is 0.927. The van der Waals surface area contributed by atoms with Crippen molar-refractivity contribution in [1.29, 1.82) is 0 Å². The third-order valence-corrected chi connectivity index (χ3v) is 5.18. The number of amides is 1. The Morgan fingerprint density at radius 3 is 2.91 bits per heavy atom. The number of hydrogen-bond donors (Lipinski definition) is 1. The summed E-state index contributed by atoms with van der Waals surface area (Å²) in [4.78, 5) is 16.2. The van der Waals surface area contributed by atoms with Gasteiger partial charge in [0.05, 0.1) is 5.69 Å². The lowest BCUT2D eigenvalue weighted by Gasteiger charge is -2.23. The van der Waals surface area contributed by atoms with Crippen molar-refractivity contribution in [2.75, 3.05) is 0 Å². The van der Waals surface area contributed by atoms with Gasteiger partial charge >= 0.3 is 0 Å². The molecule has 3 aliphatic rings. The number of benzene rings is 1. The number of oxazole rings is 1.